The van der Waals surface area contributed by atoms with Gasteiger partial charge in [0, 0.05) is 35.1 Å². The molecule has 2 aromatic carbocycles. The highest BCUT2D eigenvalue weighted by Crippen LogP contribution is 2.28. The third-order valence-corrected chi connectivity index (χ3v) is 5.66. The second kappa shape index (κ2) is 8.74. The van der Waals surface area contributed by atoms with Crippen molar-refractivity contribution in [3.05, 3.63) is 70.3 Å². The first-order valence-corrected chi connectivity index (χ1v) is 10.2. The Labute approximate surface area is 176 Å². The molecule has 0 amide bonds. The number of ketones is 3. The molecule has 5 heteroatoms. The highest BCUT2D eigenvalue weighted by molar-refractivity contribution is 6.28. The predicted molar refractivity (Wildman–Crippen MR) is 113 cm³/mol. The fourth-order valence-electron chi connectivity index (χ4n) is 3.35. The van der Waals surface area contributed by atoms with Gasteiger partial charge in [0.2, 0.25) is 0 Å². The van der Waals surface area contributed by atoms with Gasteiger partial charge in [0.25, 0.3) is 0 Å². The molecule has 5 nitrogen and oxygen atoms in total. The third kappa shape index (κ3) is 4.40. The quantitative estimate of drug-likeness (QED) is 0.411. The Morgan fingerprint density at radius 2 is 1.50 bits per heavy atom. The van der Waals surface area contributed by atoms with Crippen molar-refractivity contribution in [1.29, 1.82) is 0 Å². The molecule has 156 valence electrons. The predicted octanol–water partition coefficient (Wildman–Crippen LogP) is 4.33. The van der Waals surface area contributed by atoms with E-state index in [1.54, 1.807) is 42.5 Å². The van der Waals surface area contributed by atoms with Crippen molar-refractivity contribution in [1.82, 2.24) is 0 Å². The van der Waals surface area contributed by atoms with E-state index in [0.29, 0.717) is 40.7 Å². The summed E-state index contributed by atoms with van der Waals surface area (Å²) in [5.41, 5.74) is 1.72. The van der Waals surface area contributed by atoms with Gasteiger partial charge in [-0.1, -0.05) is 43.3 Å². The lowest BCUT2D eigenvalue weighted by Crippen LogP contribution is -2.26. The van der Waals surface area contributed by atoms with Crippen molar-refractivity contribution < 1.29 is 23.9 Å². The summed E-state index contributed by atoms with van der Waals surface area (Å²) in [5, 5.41) is 0. The molecule has 1 aliphatic rings. The number of ether oxygens (including phenoxy) is 1. The Bertz CT molecular complexity index is 1020. The first-order chi connectivity index (χ1) is 14.2. The Morgan fingerprint density at radius 1 is 0.900 bits per heavy atom. The molecule has 0 saturated heterocycles. The van der Waals surface area contributed by atoms with Crippen molar-refractivity contribution in [3.63, 3.8) is 0 Å². The summed E-state index contributed by atoms with van der Waals surface area (Å²) in [6.45, 7) is 5.81. The lowest BCUT2D eigenvalue weighted by Gasteiger charge is -2.20. The van der Waals surface area contributed by atoms with Crippen molar-refractivity contribution in [2.24, 2.45) is 5.41 Å². The molecular weight excluding hydrogens is 380 g/mol. The molecule has 0 unspecified atom stereocenters. The summed E-state index contributed by atoms with van der Waals surface area (Å²) < 4.78 is 5.26. The van der Waals surface area contributed by atoms with Crippen molar-refractivity contribution in [2.75, 3.05) is 6.61 Å². The topological polar surface area (TPSA) is 77.5 Å². The van der Waals surface area contributed by atoms with E-state index in [2.05, 4.69) is 0 Å². The number of rotatable bonds is 8. The van der Waals surface area contributed by atoms with Crippen LogP contribution >= 0.6 is 0 Å². The van der Waals surface area contributed by atoms with Crippen LogP contribution in [-0.2, 0) is 20.7 Å². The third-order valence-electron chi connectivity index (χ3n) is 5.66. The molecule has 1 aliphatic carbocycles. The van der Waals surface area contributed by atoms with Crippen LogP contribution < -0.4 is 0 Å². The molecule has 0 radical (unpaired) electrons. The van der Waals surface area contributed by atoms with Gasteiger partial charge in [-0.15, -0.1) is 0 Å². The monoisotopic (exact) mass is 406 g/mol. The van der Waals surface area contributed by atoms with Gasteiger partial charge in [-0.3, -0.25) is 19.2 Å². The van der Waals surface area contributed by atoms with Crippen molar-refractivity contribution >= 4 is 23.3 Å². The van der Waals surface area contributed by atoms with Crippen LogP contribution in [0, 0.1) is 5.41 Å². The first-order valence-electron chi connectivity index (χ1n) is 10.2. The van der Waals surface area contributed by atoms with Gasteiger partial charge in [-0.25, -0.2) is 0 Å². The minimum atomic E-state index is -0.518. The minimum Gasteiger partial charge on any atom is -0.465 e. The number of hydrogen-bond donors (Lipinski definition) is 0. The summed E-state index contributed by atoms with van der Waals surface area (Å²) in [7, 11) is 0. The van der Waals surface area contributed by atoms with Crippen LogP contribution in [0.1, 0.15) is 77.4 Å². The Kier molecular flexibility index (Phi) is 6.30. The summed E-state index contributed by atoms with van der Waals surface area (Å²) in [6.07, 6.45) is 1.60. The Balaban J connectivity index is 1.59. The van der Waals surface area contributed by atoms with Crippen LogP contribution in [-0.4, -0.2) is 29.9 Å². The zero-order chi connectivity index (χ0) is 21.9. The SMILES string of the molecule is CCC(C)(C)C(=O)OCCCC(=O)Cc1ccc2c(c1)C(=O)c1ccccc1C2=O. The normalized spacial score (nSPS) is 12.9. The zero-order valence-corrected chi connectivity index (χ0v) is 17.6. The van der Waals surface area contributed by atoms with Crippen LogP contribution in [0.25, 0.3) is 0 Å². The molecule has 0 aromatic heterocycles. The molecule has 0 aliphatic heterocycles. The maximum Gasteiger partial charge on any atom is 0.311 e. The molecular formula is C25H26O5. The number of carbonyl (C=O) groups excluding carboxylic acids is 4. The lowest BCUT2D eigenvalue weighted by atomic mass is 9.83. The van der Waals surface area contributed by atoms with Crippen LogP contribution in [0.3, 0.4) is 0 Å². The molecule has 0 fully saturated rings. The molecule has 0 spiro atoms. The molecule has 3 rings (SSSR count). The minimum absolute atomic E-state index is 0.00395. The van der Waals surface area contributed by atoms with E-state index in [1.807, 2.05) is 20.8 Å². The van der Waals surface area contributed by atoms with E-state index >= 15 is 0 Å². The van der Waals surface area contributed by atoms with Gasteiger partial charge in [0.15, 0.2) is 11.6 Å². The molecule has 0 atom stereocenters. The second-order valence-corrected chi connectivity index (χ2v) is 8.28. The number of esters is 1. The number of carbonyl (C=O) groups is 4. The Hall–Kier alpha value is -3.08. The highest BCUT2D eigenvalue weighted by atomic mass is 16.5. The van der Waals surface area contributed by atoms with E-state index in [1.165, 1.54) is 0 Å². The fraction of sp³-hybridized carbons (Fsp3) is 0.360. The van der Waals surface area contributed by atoms with Gasteiger partial charge in [0.05, 0.1) is 12.0 Å². The molecule has 0 N–H and O–H groups in total. The van der Waals surface area contributed by atoms with E-state index in [-0.39, 0.29) is 42.8 Å². The number of fused-ring (bicyclic) bond motifs is 2. The zero-order valence-electron chi connectivity index (χ0n) is 17.6. The fourth-order valence-corrected chi connectivity index (χ4v) is 3.35. The van der Waals surface area contributed by atoms with E-state index in [9.17, 15) is 19.2 Å². The standard InChI is InChI=1S/C25H26O5/c1-4-25(2,3)24(29)30-13-7-8-17(26)14-16-11-12-20-21(15-16)23(28)19-10-6-5-9-18(19)22(20)27/h5-6,9-12,15H,4,7-8,13-14H2,1-3H3. The second-order valence-electron chi connectivity index (χ2n) is 8.28. The largest absolute Gasteiger partial charge is 0.465 e. The van der Waals surface area contributed by atoms with Gasteiger partial charge >= 0.3 is 5.97 Å². The Morgan fingerprint density at radius 3 is 2.13 bits per heavy atom. The first kappa shape index (κ1) is 21.6. The average molecular weight is 406 g/mol. The molecule has 0 saturated carbocycles. The highest BCUT2D eigenvalue weighted by Gasteiger charge is 2.29. The summed E-state index contributed by atoms with van der Waals surface area (Å²) in [5.74, 6) is -0.624. The van der Waals surface area contributed by atoms with Crippen LogP contribution in [0.5, 0.6) is 0 Å². The van der Waals surface area contributed by atoms with Crippen LogP contribution in [0.2, 0.25) is 0 Å². The molecule has 0 bridgehead atoms. The molecule has 2 aromatic rings. The van der Waals surface area contributed by atoms with E-state index < -0.39 is 5.41 Å². The number of benzene rings is 2. The van der Waals surface area contributed by atoms with Crippen molar-refractivity contribution in [3.8, 4) is 0 Å². The molecule has 30 heavy (non-hydrogen) atoms. The van der Waals surface area contributed by atoms with Crippen LogP contribution in [0.4, 0.5) is 0 Å². The lowest BCUT2D eigenvalue weighted by molar-refractivity contribution is -0.154. The maximum atomic E-state index is 12.8. The van der Waals surface area contributed by atoms with Crippen molar-refractivity contribution in [2.45, 2.75) is 46.5 Å². The van der Waals surface area contributed by atoms with Gasteiger partial charge in [-0.05, 0) is 38.3 Å². The summed E-state index contributed by atoms with van der Waals surface area (Å²) in [4.78, 5) is 49.7. The van der Waals surface area contributed by atoms with Gasteiger partial charge in [0.1, 0.15) is 5.78 Å². The molecule has 0 heterocycles. The summed E-state index contributed by atoms with van der Waals surface area (Å²) >= 11 is 0. The number of hydrogen-bond acceptors (Lipinski definition) is 5. The maximum absolute atomic E-state index is 12.8. The van der Waals surface area contributed by atoms with E-state index in [0.717, 1.165) is 0 Å². The smallest absolute Gasteiger partial charge is 0.311 e. The van der Waals surface area contributed by atoms with E-state index in [4.69, 9.17) is 4.74 Å². The van der Waals surface area contributed by atoms with Gasteiger partial charge < -0.3 is 4.74 Å². The summed E-state index contributed by atoms with van der Waals surface area (Å²) in [6, 6.07) is 11.8. The van der Waals surface area contributed by atoms with Gasteiger partial charge in [-0.2, -0.15) is 0 Å². The number of Topliss-reactive ketones (excluding diaryl/α,β-unsaturated/α-hetero) is 1. The van der Waals surface area contributed by atoms with Crippen LogP contribution in [0.15, 0.2) is 42.5 Å². The average Bonchev–Trinajstić information content (AvgIpc) is 2.74.